The number of aromatic amines is 1. The lowest BCUT2D eigenvalue weighted by molar-refractivity contribution is 0.215. The van der Waals surface area contributed by atoms with Gasteiger partial charge in [-0.3, -0.25) is 9.53 Å². The van der Waals surface area contributed by atoms with Gasteiger partial charge in [0.15, 0.2) is 17.4 Å². The summed E-state index contributed by atoms with van der Waals surface area (Å²) in [5, 5.41) is 11.6. The van der Waals surface area contributed by atoms with Crippen molar-refractivity contribution >= 4 is 33.9 Å². The highest BCUT2D eigenvalue weighted by Gasteiger charge is 2.18. The van der Waals surface area contributed by atoms with Gasteiger partial charge in [0.2, 0.25) is 0 Å². The number of nitrogens with one attached hydrogen (secondary N) is 2. The van der Waals surface area contributed by atoms with E-state index in [1.54, 1.807) is 60.8 Å². The van der Waals surface area contributed by atoms with Gasteiger partial charge in [-0.15, -0.1) is 0 Å². The number of anilines is 1. The highest BCUT2D eigenvalue weighted by Crippen LogP contribution is 2.35. The molecular formula is C31H25F2N4O5S-. The van der Waals surface area contributed by atoms with E-state index in [-0.39, 0.29) is 17.2 Å². The van der Waals surface area contributed by atoms with Gasteiger partial charge in [-0.25, -0.2) is 18.6 Å². The number of fused-ring (bicyclic) bond motifs is 1. The molecule has 2 aromatic heterocycles. The molecule has 1 amide bonds. The SMILES string of the molecule is Cc1ccc(S(=O)[O-])cc1.N#CCCCc1c[nH]c2nccc(Oc3c(F)cc(NC(=O)Oc4ccccc4)cc3F)c12. The number of hydrogen-bond acceptors (Lipinski definition) is 7. The van der Waals surface area contributed by atoms with Crippen molar-refractivity contribution in [1.29, 1.82) is 5.26 Å². The molecular weight excluding hydrogens is 578 g/mol. The average molecular weight is 604 g/mol. The molecule has 0 radical (unpaired) electrons. The van der Waals surface area contributed by atoms with Crippen LogP contribution in [0.4, 0.5) is 19.3 Å². The Labute approximate surface area is 248 Å². The Morgan fingerprint density at radius 1 is 1.09 bits per heavy atom. The number of halogens is 2. The van der Waals surface area contributed by atoms with Crippen molar-refractivity contribution in [1.82, 2.24) is 9.97 Å². The molecule has 5 rings (SSSR count). The molecule has 0 bridgehead atoms. The minimum Gasteiger partial charge on any atom is -0.768 e. The van der Waals surface area contributed by atoms with E-state index in [9.17, 15) is 22.3 Å². The zero-order valence-electron chi connectivity index (χ0n) is 22.8. The maximum absolute atomic E-state index is 14.7. The summed E-state index contributed by atoms with van der Waals surface area (Å²) in [4.78, 5) is 19.5. The number of carbonyl (C=O) groups is 1. The van der Waals surface area contributed by atoms with Gasteiger partial charge < -0.3 is 19.0 Å². The Morgan fingerprint density at radius 2 is 1.79 bits per heavy atom. The monoisotopic (exact) mass is 603 g/mol. The predicted molar refractivity (Wildman–Crippen MR) is 156 cm³/mol. The number of ether oxygens (including phenoxy) is 2. The number of carbonyl (C=O) groups excluding carboxylic acids is 1. The molecule has 3 aromatic carbocycles. The summed E-state index contributed by atoms with van der Waals surface area (Å²) in [7, 11) is 0. The van der Waals surface area contributed by atoms with Crippen LogP contribution < -0.4 is 14.8 Å². The van der Waals surface area contributed by atoms with Crippen LogP contribution in [0.15, 0.2) is 90.1 Å². The summed E-state index contributed by atoms with van der Waals surface area (Å²) < 4.78 is 60.7. The summed E-state index contributed by atoms with van der Waals surface area (Å²) in [5.74, 6) is -2.12. The summed E-state index contributed by atoms with van der Waals surface area (Å²) >= 11 is -2.09. The molecule has 43 heavy (non-hydrogen) atoms. The number of aryl methyl sites for hydroxylation is 2. The minimum absolute atomic E-state index is 0.128. The van der Waals surface area contributed by atoms with Crippen LogP contribution in [-0.2, 0) is 17.5 Å². The normalized spacial score (nSPS) is 11.1. The molecule has 0 fully saturated rings. The second-order valence-corrected chi connectivity index (χ2v) is 10.0. The first kappa shape index (κ1) is 30.8. The van der Waals surface area contributed by atoms with Gasteiger partial charge in [-0.2, -0.15) is 5.26 Å². The molecule has 0 saturated heterocycles. The van der Waals surface area contributed by atoms with Gasteiger partial charge in [0.05, 0.1) is 17.1 Å². The number of nitriles is 1. The lowest BCUT2D eigenvalue weighted by Crippen LogP contribution is -2.17. The molecule has 0 saturated carbocycles. The zero-order chi connectivity index (χ0) is 30.8. The van der Waals surface area contributed by atoms with Gasteiger partial charge >= 0.3 is 6.09 Å². The van der Waals surface area contributed by atoms with Gasteiger partial charge in [0.25, 0.3) is 0 Å². The first-order valence-corrected chi connectivity index (χ1v) is 14.0. The molecule has 1 atom stereocenters. The number of rotatable bonds is 8. The molecule has 1 unspecified atom stereocenters. The van der Waals surface area contributed by atoms with Gasteiger partial charge in [0, 0.05) is 35.8 Å². The number of unbranched alkanes of at least 4 members (excludes halogenated alkanes) is 1. The fourth-order valence-electron chi connectivity index (χ4n) is 3.96. The minimum atomic E-state index is -2.09. The van der Waals surface area contributed by atoms with Crippen LogP contribution >= 0.6 is 0 Å². The van der Waals surface area contributed by atoms with Crippen LogP contribution in [0.2, 0.25) is 0 Å². The van der Waals surface area contributed by atoms with Crippen LogP contribution in [0.5, 0.6) is 17.2 Å². The third-order valence-corrected chi connectivity index (χ3v) is 6.63. The number of aromatic nitrogens is 2. The van der Waals surface area contributed by atoms with Crippen molar-refractivity contribution in [3.63, 3.8) is 0 Å². The molecule has 220 valence electrons. The van der Waals surface area contributed by atoms with Gasteiger partial charge in [0.1, 0.15) is 17.1 Å². The van der Waals surface area contributed by atoms with E-state index in [1.807, 2.05) is 6.92 Å². The van der Waals surface area contributed by atoms with E-state index < -0.39 is 34.6 Å². The first-order valence-electron chi connectivity index (χ1n) is 12.9. The third kappa shape index (κ3) is 8.45. The Morgan fingerprint density at radius 3 is 2.44 bits per heavy atom. The second-order valence-electron chi connectivity index (χ2n) is 9.10. The Bertz CT molecular complexity index is 1750. The van der Waals surface area contributed by atoms with E-state index in [2.05, 4.69) is 21.4 Å². The number of pyridine rings is 1. The van der Waals surface area contributed by atoms with Crippen molar-refractivity contribution in [2.24, 2.45) is 0 Å². The standard InChI is InChI=1S/C24H18F2N4O3.C7H8O2S/c25-18-12-16(30-24(31)32-17-7-2-1-3-8-17)13-19(26)22(18)33-20-9-11-28-23-21(20)15(14-29-23)6-4-5-10-27;1-6-2-4-7(5-3-6)10(8)9/h1-3,7-9,11-14H,4-6H2,(H,28,29)(H,30,31);2-5H,1H3,(H,8,9)/p-1. The maximum Gasteiger partial charge on any atom is 0.417 e. The van der Waals surface area contributed by atoms with E-state index >= 15 is 0 Å². The van der Waals surface area contributed by atoms with Crippen molar-refractivity contribution in [2.75, 3.05) is 5.32 Å². The van der Waals surface area contributed by atoms with Crippen molar-refractivity contribution < 1.29 is 31.8 Å². The fourth-order valence-corrected chi connectivity index (χ4v) is 4.32. The van der Waals surface area contributed by atoms with E-state index in [0.717, 1.165) is 23.3 Å². The molecule has 0 spiro atoms. The van der Waals surface area contributed by atoms with Gasteiger partial charge in [-0.1, -0.05) is 35.9 Å². The van der Waals surface area contributed by atoms with Crippen LogP contribution in [0.25, 0.3) is 11.0 Å². The van der Waals surface area contributed by atoms with Gasteiger partial charge in [-0.05, 0) is 66.7 Å². The van der Waals surface area contributed by atoms with E-state index in [0.29, 0.717) is 35.2 Å². The number of hydrogen-bond donors (Lipinski definition) is 2. The number of amides is 1. The van der Waals surface area contributed by atoms with Crippen LogP contribution in [0.3, 0.4) is 0 Å². The van der Waals surface area contributed by atoms with E-state index in [1.165, 1.54) is 12.3 Å². The van der Waals surface area contributed by atoms with Crippen LogP contribution in [0.1, 0.15) is 24.0 Å². The van der Waals surface area contributed by atoms with Crippen molar-refractivity contribution in [2.45, 2.75) is 31.1 Å². The van der Waals surface area contributed by atoms with Crippen LogP contribution in [-0.4, -0.2) is 24.8 Å². The molecule has 2 N–H and O–H groups in total. The van der Waals surface area contributed by atoms with Crippen LogP contribution in [0, 0.1) is 29.9 Å². The Hall–Kier alpha value is -5.12. The second kappa shape index (κ2) is 14.7. The quantitative estimate of drug-likeness (QED) is 0.140. The van der Waals surface area contributed by atoms with Crippen molar-refractivity contribution in [3.05, 3.63) is 108 Å². The largest absolute Gasteiger partial charge is 0.768 e. The number of benzene rings is 3. The lowest BCUT2D eigenvalue weighted by atomic mass is 10.1. The lowest BCUT2D eigenvalue weighted by Gasteiger charge is -2.12. The molecule has 12 heteroatoms. The highest BCUT2D eigenvalue weighted by atomic mass is 32.2. The highest BCUT2D eigenvalue weighted by molar-refractivity contribution is 7.79. The molecule has 0 aliphatic carbocycles. The zero-order valence-corrected chi connectivity index (χ0v) is 23.6. The molecule has 2 heterocycles. The smallest absolute Gasteiger partial charge is 0.417 e. The summed E-state index contributed by atoms with van der Waals surface area (Å²) in [6.45, 7) is 1.91. The van der Waals surface area contributed by atoms with Crippen molar-refractivity contribution in [3.8, 4) is 23.3 Å². The van der Waals surface area contributed by atoms with E-state index in [4.69, 9.17) is 14.7 Å². The molecule has 5 aromatic rings. The summed E-state index contributed by atoms with van der Waals surface area (Å²) in [6.07, 6.45) is 3.89. The topological polar surface area (TPSA) is 140 Å². The Kier molecular flexibility index (Phi) is 10.5. The predicted octanol–water partition coefficient (Wildman–Crippen LogP) is 7.32. The number of H-pyrrole nitrogens is 1. The number of nitrogens with zero attached hydrogens (tertiary/aromatic N) is 2. The Balaban J connectivity index is 0.000000359. The third-order valence-electron chi connectivity index (χ3n) is 5.98. The summed E-state index contributed by atoms with van der Waals surface area (Å²) in [6, 6.07) is 20.4. The summed E-state index contributed by atoms with van der Waals surface area (Å²) in [5.41, 5.74) is 2.26. The molecule has 9 nitrogen and oxygen atoms in total. The average Bonchev–Trinajstić information content (AvgIpc) is 3.40. The molecule has 0 aliphatic heterocycles. The first-order chi connectivity index (χ1) is 20.7. The fraction of sp³-hybridized carbons (Fsp3) is 0.129. The maximum atomic E-state index is 14.7. The molecule has 0 aliphatic rings. The number of para-hydroxylation sites is 1.